The van der Waals surface area contributed by atoms with E-state index in [2.05, 4.69) is 27.1 Å². The van der Waals surface area contributed by atoms with Crippen LogP contribution in [0.2, 0.25) is 0 Å². The van der Waals surface area contributed by atoms with Crippen LogP contribution in [0.5, 0.6) is 0 Å². The van der Waals surface area contributed by atoms with Crippen molar-refractivity contribution in [2.24, 2.45) is 0 Å². The van der Waals surface area contributed by atoms with Crippen LogP contribution in [0.3, 0.4) is 0 Å². The molecule has 1 aliphatic rings. The van der Waals surface area contributed by atoms with E-state index in [1.54, 1.807) is 0 Å². The Morgan fingerprint density at radius 2 is 2.47 bits per heavy atom. The van der Waals surface area contributed by atoms with Crippen molar-refractivity contribution in [1.82, 2.24) is 20.2 Å². The van der Waals surface area contributed by atoms with E-state index in [-0.39, 0.29) is 11.9 Å². The van der Waals surface area contributed by atoms with Crippen LogP contribution in [0.15, 0.2) is 12.5 Å². The van der Waals surface area contributed by atoms with E-state index in [1.165, 1.54) is 0 Å². The van der Waals surface area contributed by atoms with E-state index in [1.807, 2.05) is 12.5 Å². The maximum absolute atomic E-state index is 11.7. The molecule has 5 heteroatoms. The zero-order valence-corrected chi connectivity index (χ0v) is 10.3. The third-order valence-electron chi connectivity index (χ3n) is 3.20. The van der Waals surface area contributed by atoms with Gasteiger partial charge in [-0.05, 0) is 26.2 Å². The molecule has 0 saturated carbocycles. The summed E-state index contributed by atoms with van der Waals surface area (Å²) in [5.41, 5.74) is 1.13. The van der Waals surface area contributed by atoms with Crippen LogP contribution >= 0.6 is 0 Å². The Bertz CT molecular complexity index is 374. The highest BCUT2D eigenvalue weighted by Gasteiger charge is 2.19. The van der Waals surface area contributed by atoms with Gasteiger partial charge in [-0.2, -0.15) is 0 Å². The summed E-state index contributed by atoms with van der Waals surface area (Å²) in [5.74, 6) is 0.130. The van der Waals surface area contributed by atoms with Gasteiger partial charge in [0.1, 0.15) is 0 Å². The molecule has 0 radical (unpaired) electrons. The molecule has 2 rings (SSSR count). The molecule has 1 aliphatic heterocycles. The van der Waals surface area contributed by atoms with Gasteiger partial charge in [0.15, 0.2) is 0 Å². The molecule has 1 aromatic heterocycles. The van der Waals surface area contributed by atoms with E-state index in [4.69, 9.17) is 0 Å². The van der Waals surface area contributed by atoms with Gasteiger partial charge in [-0.15, -0.1) is 0 Å². The van der Waals surface area contributed by atoms with E-state index >= 15 is 0 Å². The maximum atomic E-state index is 11.7. The van der Waals surface area contributed by atoms with Crippen molar-refractivity contribution in [2.75, 3.05) is 6.54 Å². The maximum Gasteiger partial charge on any atom is 0.237 e. The van der Waals surface area contributed by atoms with Crippen molar-refractivity contribution in [1.29, 1.82) is 0 Å². The topological polar surface area (TPSA) is 59.0 Å². The Morgan fingerprint density at radius 1 is 1.59 bits per heavy atom. The van der Waals surface area contributed by atoms with Crippen molar-refractivity contribution in [3.63, 3.8) is 0 Å². The van der Waals surface area contributed by atoms with E-state index in [9.17, 15) is 4.79 Å². The monoisotopic (exact) mass is 236 g/mol. The molecule has 17 heavy (non-hydrogen) atoms. The first-order valence-corrected chi connectivity index (χ1v) is 6.31. The van der Waals surface area contributed by atoms with Crippen molar-refractivity contribution < 1.29 is 4.79 Å². The summed E-state index contributed by atoms with van der Waals surface area (Å²) in [4.78, 5) is 15.8. The summed E-state index contributed by atoms with van der Waals surface area (Å²) in [7, 11) is 0. The number of hydrogen-bond donors (Lipinski definition) is 2. The first-order valence-electron chi connectivity index (χ1n) is 6.31. The molecule has 5 nitrogen and oxygen atoms in total. The van der Waals surface area contributed by atoms with E-state index in [0.717, 1.165) is 38.0 Å². The number of carbonyl (C=O) groups is 1. The molecule has 1 aromatic rings. The Kier molecular flexibility index (Phi) is 4.14. The molecule has 94 valence electrons. The molecule has 0 aromatic carbocycles. The highest BCUT2D eigenvalue weighted by atomic mass is 16.2. The van der Waals surface area contributed by atoms with Crippen LogP contribution in [-0.4, -0.2) is 28.0 Å². The first-order chi connectivity index (χ1) is 8.31. The molecule has 1 fully saturated rings. The second-order valence-corrected chi connectivity index (χ2v) is 4.39. The molecule has 2 heterocycles. The Labute approximate surface area is 102 Å². The SMILES string of the molecule is CCn1cncc1CNC1CCCCNC1=O. The van der Waals surface area contributed by atoms with Crippen LogP contribution in [0.25, 0.3) is 0 Å². The molecule has 1 saturated heterocycles. The van der Waals surface area contributed by atoms with Crippen LogP contribution in [0.4, 0.5) is 0 Å². The number of rotatable bonds is 4. The summed E-state index contributed by atoms with van der Waals surface area (Å²) in [5, 5.41) is 6.25. The van der Waals surface area contributed by atoms with Crippen LogP contribution in [0.1, 0.15) is 31.9 Å². The molecular formula is C12H20N4O. The summed E-state index contributed by atoms with van der Waals surface area (Å²) < 4.78 is 2.08. The lowest BCUT2D eigenvalue weighted by atomic mass is 10.1. The first kappa shape index (κ1) is 12.1. The van der Waals surface area contributed by atoms with Crippen molar-refractivity contribution >= 4 is 5.91 Å². The zero-order chi connectivity index (χ0) is 12.1. The predicted molar refractivity (Wildman–Crippen MR) is 65.4 cm³/mol. The fraction of sp³-hybridized carbons (Fsp3) is 0.667. The van der Waals surface area contributed by atoms with Gasteiger partial charge in [0.05, 0.1) is 18.1 Å². The minimum atomic E-state index is -0.0577. The number of amides is 1. The second-order valence-electron chi connectivity index (χ2n) is 4.39. The summed E-state index contributed by atoms with van der Waals surface area (Å²) in [6.45, 7) is 4.51. The van der Waals surface area contributed by atoms with Crippen molar-refractivity contribution in [2.45, 2.75) is 45.3 Å². The number of aryl methyl sites for hydroxylation is 1. The fourth-order valence-corrected chi connectivity index (χ4v) is 2.14. The molecule has 0 bridgehead atoms. The molecule has 1 atom stereocenters. The Morgan fingerprint density at radius 3 is 3.29 bits per heavy atom. The highest BCUT2D eigenvalue weighted by Crippen LogP contribution is 2.07. The Hall–Kier alpha value is -1.36. The van der Waals surface area contributed by atoms with Gasteiger partial charge >= 0.3 is 0 Å². The van der Waals surface area contributed by atoms with Crippen LogP contribution < -0.4 is 10.6 Å². The average Bonchev–Trinajstić information content (AvgIpc) is 2.70. The van der Waals surface area contributed by atoms with Gasteiger partial charge in [-0.25, -0.2) is 4.98 Å². The number of aromatic nitrogens is 2. The van der Waals surface area contributed by atoms with Crippen LogP contribution in [-0.2, 0) is 17.9 Å². The van der Waals surface area contributed by atoms with Gasteiger partial charge < -0.3 is 15.2 Å². The zero-order valence-electron chi connectivity index (χ0n) is 10.3. The molecule has 0 spiro atoms. The molecule has 1 unspecified atom stereocenters. The summed E-state index contributed by atoms with van der Waals surface area (Å²) >= 11 is 0. The van der Waals surface area contributed by atoms with E-state index < -0.39 is 0 Å². The smallest absolute Gasteiger partial charge is 0.237 e. The van der Waals surface area contributed by atoms with E-state index in [0.29, 0.717) is 6.54 Å². The summed E-state index contributed by atoms with van der Waals surface area (Å²) in [6, 6.07) is -0.0577. The number of nitrogens with one attached hydrogen (secondary N) is 2. The highest BCUT2D eigenvalue weighted by molar-refractivity contribution is 5.81. The van der Waals surface area contributed by atoms with Gasteiger partial charge in [0.25, 0.3) is 0 Å². The molecule has 1 amide bonds. The van der Waals surface area contributed by atoms with Crippen molar-refractivity contribution in [3.8, 4) is 0 Å². The second kappa shape index (κ2) is 5.82. The lowest BCUT2D eigenvalue weighted by Crippen LogP contribution is -2.42. The number of carbonyl (C=O) groups excluding carboxylic acids is 1. The van der Waals surface area contributed by atoms with Gasteiger partial charge in [-0.1, -0.05) is 0 Å². The lowest BCUT2D eigenvalue weighted by Gasteiger charge is -2.15. The Balaban J connectivity index is 1.90. The van der Waals surface area contributed by atoms with Crippen molar-refractivity contribution in [3.05, 3.63) is 18.2 Å². The quantitative estimate of drug-likeness (QED) is 0.807. The molecular weight excluding hydrogens is 216 g/mol. The predicted octanol–water partition coefficient (Wildman–Crippen LogP) is 0.661. The lowest BCUT2D eigenvalue weighted by molar-refractivity contribution is -0.122. The fourth-order valence-electron chi connectivity index (χ4n) is 2.14. The summed E-state index contributed by atoms with van der Waals surface area (Å²) in [6.07, 6.45) is 6.78. The normalized spacial score (nSPS) is 21.0. The third-order valence-corrected chi connectivity index (χ3v) is 3.20. The minimum Gasteiger partial charge on any atom is -0.355 e. The standard InChI is InChI=1S/C12H20N4O/c1-2-16-9-13-7-10(16)8-15-11-5-3-4-6-14-12(11)17/h7,9,11,15H,2-6,8H2,1H3,(H,14,17). The average molecular weight is 236 g/mol. The van der Waals surface area contributed by atoms with Gasteiger partial charge in [0.2, 0.25) is 5.91 Å². The van der Waals surface area contributed by atoms with Crippen LogP contribution in [0, 0.1) is 0 Å². The van der Waals surface area contributed by atoms with Gasteiger partial charge in [-0.3, -0.25) is 4.79 Å². The minimum absolute atomic E-state index is 0.0577. The number of hydrogen-bond acceptors (Lipinski definition) is 3. The number of imidazole rings is 1. The van der Waals surface area contributed by atoms with Gasteiger partial charge in [0, 0.05) is 25.8 Å². The third kappa shape index (κ3) is 3.06. The number of nitrogens with zero attached hydrogens (tertiary/aromatic N) is 2. The molecule has 0 aliphatic carbocycles. The largest absolute Gasteiger partial charge is 0.355 e. The molecule has 2 N–H and O–H groups in total.